The van der Waals surface area contributed by atoms with E-state index in [1.54, 1.807) is 18.0 Å². The lowest BCUT2D eigenvalue weighted by molar-refractivity contribution is -0.140. The van der Waals surface area contributed by atoms with E-state index in [1.165, 1.54) is 7.11 Å². The molecule has 2 aromatic heterocycles. The molecule has 29 heavy (non-hydrogen) atoms. The summed E-state index contributed by atoms with van der Waals surface area (Å²) in [5.74, 6) is 0.519. The minimum atomic E-state index is -0.209. The van der Waals surface area contributed by atoms with Crippen LogP contribution >= 0.6 is 11.8 Å². The molecule has 0 radical (unpaired) electrons. The third kappa shape index (κ3) is 3.67. The molecule has 0 N–H and O–H groups in total. The molecule has 0 bridgehead atoms. The van der Waals surface area contributed by atoms with E-state index in [0.717, 1.165) is 32.9 Å². The Balaban J connectivity index is 1.80. The number of imidazole rings is 1. The van der Waals surface area contributed by atoms with Crippen LogP contribution in [0.3, 0.4) is 0 Å². The average molecular weight is 402 g/mol. The predicted octanol–water partition coefficient (Wildman–Crippen LogP) is 4.49. The summed E-state index contributed by atoms with van der Waals surface area (Å²) in [6.45, 7) is 0. The van der Waals surface area contributed by atoms with Crippen molar-refractivity contribution in [2.24, 2.45) is 0 Å². The van der Waals surface area contributed by atoms with E-state index in [1.807, 2.05) is 48.5 Å². The summed E-state index contributed by atoms with van der Waals surface area (Å²) >= 11 is 1.58. The van der Waals surface area contributed by atoms with Gasteiger partial charge in [-0.3, -0.25) is 9.36 Å². The number of esters is 1. The maximum Gasteiger partial charge on any atom is 0.305 e. The summed E-state index contributed by atoms with van der Waals surface area (Å²) in [6.07, 6.45) is 2.80. The zero-order chi connectivity index (χ0) is 20.2. The van der Waals surface area contributed by atoms with Gasteiger partial charge in [0.05, 0.1) is 29.9 Å². The average Bonchev–Trinajstić information content (AvgIpc) is 3.13. The fraction of sp³-hybridized carbons (Fsp3) is 0.182. The molecule has 0 fully saturated rings. The Bertz CT molecular complexity index is 1240. The van der Waals surface area contributed by atoms with Gasteiger partial charge in [0.25, 0.3) is 0 Å². The van der Waals surface area contributed by atoms with Crippen LogP contribution in [0.5, 0.6) is 0 Å². The Morgan fingerprint density at radius 2 is 2.00 bits per heavy atom. The molecule has 0 aliphatic heterocycles. The molecule has 0 aliphatic carbocycles. The van der Waals surface area contributed by atoms with Gasteiger partial charge in [-0.25, -0.2) is 9.97 Å². The van der Waals surface area contributed by atoms with Crippen LogP contribution in [-0.4, -0.2) is 33.4 Å². The van der Waals surface area contributed by atoms with E-state index in [4.69, 9.17) is 9.72 Å². The molecule has 7 heteroatoms. The van der Waals surface area contributed by atoms with Crippen LogP contribution in [0.1, 0.15) is 18.4 Å². The molecular formula is C22H18N4O2S. The molecule has 6 nitrogen and oxygen atoms in total. The van der Waals surface area contributed by atoms with Gasteiger partial charge in [0, 0.05) is 29.1 Å². The Morgan fingerprint density at radius 3 is 2.79 bits per heavy atom. The molecule has 0 saturated heterocycles. The lowest BCUT2D eigenvalue weighted by Gasteiger charge is -2.13. The standard InChI is InChI=1S/C22H18N4O2S/c1-28-20(27)9-5-13-29-22-25-21-19(8-4-12-24-21)26(22)18-11-10-15(14-23)16-6-2-3-7-17(16)18/h2-4,6-8,10-12H,5,9,13H2,1H3. The smallest absolute Gasteiger partial charge is 0.305 e. The fourth-order valence-corrected chi connectivity index (χ4v) is 4.23. The molecule has 2 heterocycles. The second kappa shape index (κ2) is 8.33. The van der Waals surface area contributed by atoms with E-state index < -0.39 is 0 Å². The summed E-state index contributed by atoms with van der Waals surface area (Å²) < 4.78 is 6.79. The highest BCUT2D eigenvalue weighted by atomic mass is 32.2. The van der Waals surface area contributed by atoms with Gasteiger partial charge in [0.15, 0.2) is 10.8 Å². The number of carbonyl (C=O) groups excluding carboxylic acids is 1. The molecule has 4 aromatic rings. The van der Waals surface area contributed by atoms with Gasteiger partial charge in [0.2, 0.25) is 0 Å². The zero-order valence-corrected chi connectivity index (χ0v) is 16.6. The van der Waals surface area contributed by atoms with Crippen molar-refractivity contribution < 1.29 is 9.53 Å². The van der Waals surface area contributed by atoms with Crippen LogP contribution in [0.25, 0.3) is 27.6 Å². The molecule has 0 aliphatic rings. The van der Waals surface area contributed by atoms with Crippen molar-refractivity contribution in [3.05, 3.63) is 60.3 Å². The van der Waals surface area contributed by atoms with Crippen LogP contribution in [0.4, 0.5) is 0 Å². The highest BCUT2D eigenvalue weighted by Gasteiger charge is 2.16. The Labute approximate surface area is 172 Å². The Kier molecular flexibility index (Phi) is 5.45. The van der Waals surface area contributed by atoms with Crippen LogP contribution in [0.15, 0.2) is 59.9 Å². The SMILES string of the molecule is COC(=O)CCCSc1nc2ncccc2n1-c1ccc(C#N)c2ccccc12. The van der Waals surface area contributed by atoms with Gasteiger partial charge in [-0.2, -0.15) is 5.26 Å². The number of aromatic nitrogens is 3. The molecule has 0 unspecified atom stereocenters. The molecule has 4 rings (SSSR count). The highest BCUT2D eigenvalue weighted by Crippen LogP contribution is 2.32. The number of nitriles is 1. The molecule has 0 saturated carbocycles. The van der Waals surface area contributed by atoms with Crippen molar-refractivity contribution in [3.8, 4) is 11.8 Å². The predicted molar refractivity (Wildman–Crippen MR) is 113 cm³/mol. The minimum absolute atomic E-state index is 0.209. The number of methoxy groups -OCH3 is 1. The first-order chi connectivity index (χ1) is 14.2. The first-order valence-corrected chi connectivity index (χ1v) is 10.2. The normalized spacial score (nSPS) is 10.9. The van der Waals surface area contributed by atoms with Gasteiger partial charge in [0.1, 0.15) is 0 Å². The molecule has 144 valence electrons. The molecule has 0 atom stereocenters. The maximum absolute atomic E-state index is 11.4. The van der Waals surface area contributed by atoms with Gasteiger partial charge in [-0.1, -0.05) is 36.0 Å². The quantitative estimate of drug-likeness (QED) is 0.268. The van der Waals surface area contributed by atoms with Crippen molar-refractivity contribution in [1.29, 1.82) is 5.26 Å². The third-order valence-corrected chi connectivity index (χ3v) is 5.67. The molecule has 0 spiro atoms. The van der Waals surface area contributed by atoms with Crippen LogP contribution in [0.2, 0.25) is 0 Å². The second-order valence-electron chi connectivity index (χ2n) is 6.39. The topological polar surface area (TPSA) is 80.8 Å². The number of benzene rings is 2. The summed E-state index contributed by atoms with van der Waals surface area (Å²) in [5, 5.41) is 12.2. The lowest BCUT2D eigenvalue weighted by atomic mass is 10.0. The second-order valence-corrected chi connectivity index (χ2v) is 7.46. The fourth-order valence-electron chi connectivity index (χ4n) is 3.28. The van der Waals surface area contributed by atoms with E-state index in [0.29, 0.717) is 24.1 Å². The number of hydrogen-bond acceptors (Lipinski definition) is 6. The molecule has 0 amide bonds. The lowest BCUT2D eigenvalue weighted by Crippen LogP contribution is -2.01. The summed E-state index contributed by atoms with van der Waals surface area (Å²) in [7, 11) is 1.40. The van der Waals surface area contributed by atoms with Crippen molar-refractivity contribution in [2.45, 2.75) is 18.0 Å². The highest BCUT2D eigenvalue weighted by molar-refractivity contribution is 7.99. The van der Waals surface area contributed by atoms with Gasteiger partial charge >= 0.3 is 5.97 Å². The maximum atomic E-state index is 11.4. The van der Waals surface area contributed by atoms with Crippen LogP contribution in [0, 0.1) is 11.3 Å². The Hall–Kier alpha value is -3.37. The monoisotopic (exact) mass is 402 g/mol. The first-order valence-electron chi connectivity index (χ1n) is 9.18. The number of carbonyl (C=O) groups is 1. The number of ether oxygens (including phenoxy) is 1. The van der Waals surface area contributed by atoms with Crippen LogP contribution < -0.4 is 0 Å². The van der Waals surface area contributed by atoms with Crippen molar-refractivity contribution in [1.82, 2.24) is 14.5 Å². The van der Waals surface area contributed by atoms with E-state index in [-0.39, 0.29) is 5.97 Å². The number of hydrogen-bond donors (Lipinski definition) is 0. The van der Waals surface area contributed by atoms with Crippen molar-refractivity contribution in [2.75, 3.05) is 12.9 Å². The zero-order valence-electron chi connectivity index (χ0n) is 15.8. The third-order valence-electron chi connectivity index (χ3n) is 4.65. The Morgan fingerprint density at radius 1 is 1.17 bits per heavy atom. The first kappa shape index (κ1) is 19.0. The number of nitrogens with zero attached hydrogens (tertiary/aromatic N) is 4. The minimum Gasteiger partial charge on any atom is -0.469 e. The number of thioether (sulfide) groups is 1. The van der Waals surface area contributed by atoms with E-state index >= 15 is 0 Å². The van der Waals surface area contributed by atoms with Gasteiger partial charge in [-0.05, 0) is 30.7 Å². The van der Waals surface area contributed by atoms with Crippen molar-refractivity contribution >= 4 is 39.7 Å². The number of pyridine rings is 1. The van der Waals surface area contributed by atoms with Crippen LogP contribution in [-0.2, 0) is 9.53 Å². The van der Waals surface area contributed by atoms with E-state index in [9.17, 15) is 10.1 Å². The molecular weight excluding hydrogens is 384 g/mol. The van der Waals surface area contributed by atoms with Gasteiger partial charge < -0.3 is 4.74 Å². The number of rotatable bonds is 6. The summed E-state index contributed by atoms with van der Waals surface area (Å²) in [4.78, 5) is 20.5. The summed E-state index contributed by atoms with van der Waals surface area (Å²) in [5.41, 5.74) is 3.15. The van der Waals surface area contributed by atoms with Crippen molar-refractivity contribution in [3.63, 3.8) is 0 Å². The molecule has 2 aromatic carbocycles. The van der Waals surface area contributed by atoms with E-state index in [2.05, 4.69) is 15.6 Å². The number of fused-ring (bicyclic) bond motifs is 2. The largest absolute Gasteiger partial charge is 0.469 e. The van der Waals surface area contributed by atoms with Gasteiger partial charge in [-0.15, -0.1) is 0 Å². The summed E-state index contributed by atoms with van der Waals surface area (Å²) in [6, 6.07) is 17.8.